The molecule has 1 amide bonds. The Labute approximate surface area is 107 Å². The molecule has 0 spiro atoms. The Bertz CT molecular complexity index is 397. The van der Waals surface area contributed by atoms with Crippen molar-refractivity contribution in [1.29, 1.82) is 0 Å². The Morgan fingerprint density at radius 3 is 3.17 bits per heavy atom. The SMILES string of the molecule is CC(NC(=O)CC1CCCNC1)c1nncn1C. The highest BCUT2D eigenvalue weighted by atomic mass is 16.1. The van der Waals surface area contributed by atoms with Crippen LogP contribution in [0.15, 0.2) is 6.33 Å². The maximum atomic E-state index is 11.9. The van der Waals surface area contributed by atoms with E-state index in [4.69, 9.17) is 0 Å². The number of nitrogens with one attached hydrogen (secondary N) is 2. The van der Waals surface area contributed by atoms with Crippen LogP contribution in [0.4, 0.5) is 0 Å². The van der Waals surface area contributed by atoms with Gasteiger partial charge in [-0.1, -0.05) is 0 Å². The van der Waals surface area contributed by atoms with Crippen LogP contribution in [0.2, 0.25) is 0 Å². The molecule has 6 heteroatoms. The van der Waals surface area contributed by atoms with E-state index in [9.17, 15) is 4.79 Å². The highest BCUT2D eigenvalue weighted by molar-refractivity contribution is 5.76. The molecule has 1 aliphatic heterocycles. The molecule has 0 bridgehead atoms. The predicted molar refractivity (Wildman–Crippen MR) is 67.8 cm³/mol. The number of nitrogens with zero attached hydrogens (tertiary/aromatic N) is 3. The second-order valence-electron chi connectivity index (χ2n) is 5.01. The molecule has 0 radical (unpaired) electrons. The fraction of sp³-hybridized carbons (Fsp3) is 0.750. The molecule has 0 saturated carbocycles. The van der Waals surface area contributed by atoms with Gasteiger partial charge in [0.1, 0.15) is 6.33 Å². The lowest BCUT2D eigenvalue weighted by molar-refractivity contribution is -0.122. The lowest BCUT2D eigenvalue weighted by Gasteiger charge is -2.23. The van der Waals surface area contributed by atoms with Crippen LogP contribution in [-0.4, -0.2) is 33.8 Å². The summed E-state index contributed by atoms with van der Waals surface area (Å²) in [7, 11) is 1.88. The van der Waals surface area contributed by atoms with Crippen molar-refractivity contribution in [2.45, 2.75) is 32.2 Å². The predicted octanol–water partition coefficient (Wildman–Crippen LogP) is 0.382. The van der Waals surface area contributed by atoms with Gasteiger partial charge in [0, 0.05) is 13.5 Å². The molecule has 1 aromatic rings. The van der Waals surface area contributed by atoms with Gasteiger partial charge in [0.05, 0.1) is 6.04 Å². The Morgan fingerprint density at radius 1 is 1.72 bits per heavy atom. The molecule has 0 aromatic carbocycles. The summed E-state index contributed by atoms with van der Waals surface area (Å²) in [6.45, 7) is 3.96. The zero-order valence-electron chi connectivity index (χ0n) is 11.0. The number of aromatic nitrogens is 3. The second kappa shape index (κ2) is 5.95. The van der Waals surface area contributed by atoms with Crippen molar-refractivity contribution >= 4 is 5.91 Å². The van der Waals surface area contributed by atoms with Gasteiger partial charge in [-0.15, -0.1) is 10.2 Å². The molecule has 18 heavy (non-hydrogen) atoms. The van der Waals surface area contributed by atoms with Crippen LogP contribution < -0.4 is 10.6 Å². The van der Waals surface area contributed by atoms with Gasteiger partial charge in [0.2, 0.25) is 5.91 Å². The Morgan fingerprint density at radius 2 is 2.56 bits per heavy atom. The number of piperidine rings is 1. The number of carbonyl (C=O) groups excluding carboxylic acids is 1. The van der Waals surface area contributed by atoms with E-state index in [0.29, 0.717) is 12.3 Å². The van der Waals surface area contributed by atoms with Crippen LogP contribution in [0, 0.1) is 5.92 Å². The zero-order chi connectivity index (χ0) is 13.0. The van der Waals surface area contributed by atoms with Crippen molar-refractivity contribution in [3.05, 3.63) is 12.2 Å². The number of hydrogen-bond donors (Lipinski definition) is 2. The highest BCUT2D eigenvalue weighted by Crippen LogP contribution is 2.15. The van der Waals surface area contributed by atoms with Crippen molar-refractivity contribution in [3.8, 4) is 0 Å². The summed E-state index contributed by atoms with van der Waals surface area (Å²) in [6.07, 6.45) is 4.54. The zero-order valence-corrected chi connectivity index (χ0v) is 11.0. The van der Waals surface area contributed by atoms with Crippen LogP contribution in [0.3, 0.4) is 0 Å². The Kier molecular flexibility index (Phi) is 4.30. The molecule has 1 fully saturated rings. The molecule has 2 unspecified atom stereocenters. The second-order valence-corrected chi connectivity index (χ2v) is 5.01. The maximum absolute atomic E-state index is 11.9. The van der Waals surface area contributed by atoms with E-state index in [1.165, 1.54) is 0 Å². The molecule has 100 valence electrons. The van der Waals surface area contributed by atoms with Gasteiger partial charge in [-0.25, -0.2) is 0 Å². The summed E-state index contributed by atoms with van der Waals surface area (Å²) in [6, 6.07) is -0.0958. The van der Waals surface area contributed by atoms with Crippen LogP contribution in [-0.2, 0) is 11.8 Å². The molecule has 0 aliphatic carbocycles. The fourth-order valence-corrected chi connectivity index (χ4v) is 2.41. The number of aryl methyl sites for hydroxylation is 1. The number of amides is 1. The van der Waals surface area contributed by atoms with Crippen molar-refractivity contribution in [2.24, 2.45) is 13.0 Å². The first kappa shape index (κ1) is 13.0. The summed E-state index contributed by atoms with van der Waals surface area (Å²) >= 11 is 0. The Balaban J connectivity index is 1.81. The van der Waals surface area contributed by atoms with Gasteiger partial charge < -0.3 is 15.2 Å². The van der Waals surface area contributed by atoms with Crippen molar-refractivity contribution < 1.29 is 4.79 Å². The molecule has 2 rings (SSSR count). The first-order valence-corrected chi connectivity index (χ1v) is 6.51. The minimum atomic E-state index is -0.0958. The summed E-state index contributed by atoms with van der Waals surface area (Å²) in [4.78, 5) is 11.9. The maximum Gasteiger partial charge on any atom is 0.220 e. The van der Waals surface area contributed by atoms with Gasteiger partial charge in [0.15, 0.2) is 5.82 Å². The summed E-state index contributed by atoms with van der Waals surface area (Å²) in [5.74, 6) is 1.34. The van der Waals surface area contributed by atoms with E-state index in [1.807, 2.05) is 18.5 Å². The van der Waals surface area contributed by atoms with Gasteiger partial charge >= 0.3 is 0 Å². The molecule has 2 N–H and O–H groups in total. The lowest BCUT2D eigenvalue weighted by Crippen LogP contribution is -2.35. The molecule has 2 atom stereocenters. The molecular weight excluding hydrogens is 230 g/mol. The largest absolute Gasteiger partial charge is 0.346 e. The Hall–Kier alpha value is -1.43. The average molecular weight is 251 g/mol. The van der Waals surface area contributed by atoms with E-state index >= 15 is 0 Å². The van der Waals surface area contributed by atoms with Crippen LogP contribution in [0.5, 0.6) is 0 Å². The van der Waals surface area contributed by atoms with E-state index in [2.05, 4.69) is 20.8 Å². The van der Waals surface area contributed by atoms with E-state index in [0.717, 1.165) is 31.8 Å². The van der Waals surface area contributed by atoms with Gasteiger partial charge in [-0.05, 0) is 38.8 Å². The van der Waals surface area contributed by atoms with Gasteiger partial charge in [0.25, 0.3) is 0 Å². The summed E-state index contributed by atoms with van der Waals surface area (Å²) in [5.41, 5.74) is 0. The first-order valence-electron chi connectivity index (χ1n) is 6.51. The normalized spacial score (nSPS) is 21.6. The quantitative estimate of drug-likeness (QED) is 0.811. The molecule has 1 saturated heterocycles. The monoisotopic (exact) mass is 251 g/mol. The van der Waals surface area contributed by atoms with E-state index < -0.39 is 0 Å². The van der Waals surface area contributed by atoms with E-state index in [-0.39, 0.29) is 11.9 Å². The summed E-state index contributed by atoms with van der Waals surface area (Å²) in [5, 5.41) is 14.1. The lowest BCUT2D eigenvalue weighted by atomic mass is 9.96. The first-order chi connectivity index (χ1) is 8.66. The van der Waals surface area contributed by atoms with Crippen molar-refractivity contribution in [2.75, 3.05) is 13.1 Å². The minimum absolute atomic E-state index is 0.0958. The molecule has 1 aliphatic rings. The highest BCUT2D eigenvalue weighted by Gasteiger charge is 2.19. The van der Waals surface area contributed by atoms with E-state index in [1.54, 1.807) is 6.33 Å². The standard InChI is InChI=1S/C12H21N5O/c1-9(12-16-14-8-17(12)2)15-11(18)6-10-4-3-5-13-7-10/h8-10,13H,3-7H2,1-2H3,(H,15,18). The average Bonchev–Trinajstić information content (AvgIpc) is 2.76. The third-order valence-corrected chi connectivity index (χ3v) is 3.38. The van der Waals surface area contributed by atoms with Crippen molar-refractivity contribution in [1.82, 2.24) is 25.4 Å². The number of carbonyl (C=O) groups is 1. The van der Waals surface area contributed by atoms with Crippen LogP contribution in [0.1, 0.15) is 38.1 Å². The minimum Gasteiger partial charge on any atom is -0.346 e. The number of hydrogen-bond acceptors (Lipinski definition) is 4. The fourth-order valence-electron chi connectivity index (χ4n) is 2.41. The van der Waals surface area contributed by atoms with Crippen molar-refractivity contribution in [3.63, 3.8) is 0 Å². The van der Waals surface area contributed by atoms with Gasteiger partial charge in [-0.3, -0.25) is 4.79 Å². The van der Waals surface area contributed by atoms with Crippen LogP contribution in [0.25, 0.3) is 0 Å². The molecule has 1 aromatic heterocycles. The molecular formula is C12H21N5O. The summed E-state index contributed by atoms with van der Waals surface area (Å²) < 4.78 is 1.83. The van der Waals surface area contributed by atoms with Gasteiger partial charge in [-0.2, -0.15) is 0 Å². The molecule has 6 nitrogen and oxygen atoms in total. The number of rotatable bonds is 4. The molecule has 2 heterocycles. The smallest absolute Gasteiger partial charge is 0.220 e. The third-order valence-electron chi connectivity index (χ3n) is 3.38. The third kappa shape index (κ3) is 3.29. The van der Waals surface area contributed by atoms with Crippen LogP contribution >= 0.6 is 0 Å². The topological polar surface area (TPSA) is 71.8 Å².